The second-order valence-electron chi connectivity index (χ2n) is 6.50. The Bertz CT molecular complexity index is 582. The number of rotatable bonds is 3. The van der Waals surface area contributed by atoms with Crippen LogP contribution in [-0.4, -0.2) is 60.4 Å². The predicted octanol–water partition coefficient (Wildman–Crippen LogP) is 1.32. The quantitative estimate of drug-likeness (QED) is 0.912. The number of hydrogen-bond donors (Lipinski definition) is 1. The number of carbonyl (C=O) groups excluding carboxylic acids is 2. The van der Waals surface area contributed by atoms with Crippen molar-refractivity contribution in [3.8, 4) is 0 Å². The van der Waals surface area contributed by atoms with Gasteiger partial charge in [0.05, 0.1) is 5.56 Å². The van der Waals surface area contributed by atoms with E-state index < -0.39 is 0 Å². The molecule has 2 aliphatic rings. The van der Waals surface area contributed by atoms with E-state index in [0.717, 1.165) is 25.1 Å². The molecule has 3 rings (SSSR count). The van der Waals surface area contributed by atoms with E-state index in [0.29, 0.717) is 50.0 Å². The highest BCUT2D eigenvalue weighted by molar-refractivity contribution is 5.95. The zero-order chi connectivity index (χ0) is 16.4. The topological polar surface area (TPSA) is 65.8 Å². The molecule has 0 bridgehead atoms. The molecule has 3 heterocycles. The first-order chi connectivity index (χ1) is 11.0. The van der Waals surface area contributed by atoms with E-state index in [1.54, 1.807) is 6.07 Å². The molecule has 2 amide bonds. The molecule has 2 aliphatic heterocycles. The molecule has 6 heteroatoms. The lowest BCUT2D eigenvalue weighted by Gasteiger charge is -2.35. The molecule has 2 fully saturated rings. The lowest BCUT2D eigenvalue weighted by atomic mass is 10.1. The van der Waals surface area contributed by atoms with Gasteiger partial charge in [-0.05, 0) is 39.3 Å². The highest BCUT2D eigenvalue weighted by Crippen LogP contribution is 2.18. The zero-order valence-electron chi connectivity index (χ0n) is 13.9. The normalized spacial score (nSPS) is 21.7. The van der Waals surface area contributed by atoms with Crippen LogP contribution in [0.1, 0.15) is 41.1 Å². The van der Waals surface area contributed by atoms with Crippen LogP contribution in [0, 0.1) is 13.8 Å². The van der Waals surface area contributed by atoms with E-state index in [1.165, 1.54) is 0 Å². The summed E-state index contributed by atoms with van der Waals surface area (Å²) in [5, 5.41) is 3.36. The van der Waals surface area contributed by atoms with Gasteiger partial charge in [0.25, 0.3) is 5.91 Å². The van der Waals surface area contributed by atoms with Crippen LogP contribution in [-0.2, 0) is 4.79 Å². The van der Waals surface area contributed by atoms with Gasteiger partial charge in [0, 0.05) is 38.6 Å². The van der Waals surface area contributed by atoms with Crippen molar-refractivity contribution in [1.82, 2.24) is 15.1 Å². The fourth-order valence-electron chi connectivity index (χ4n) is 3.44. The fourth-order valence-corrected chi connectivity index (χ4v) is 3.44. The van der Waals surface area contributed by atoms with Gasteiger partial charge in [0.1, 0.15) is 11.5 Å². The Balaban J connectivity index is 1.52. The predicted molar refractivity (Wildman–Crippen MR) is 86.3 cm³/mol. The van der Waals surface area contributed by atoms with Crippen molar-refractivity contribution in [2.75, 3.05) is 32.7 Å². The van der Waals surface area contributed by atoms with Crippen LogP contribution in [0.5, 0.6) is 0 Å². The molecule has 1 N–H and O–H groups in total. The SMILES string of the molecule is Cc1cc(C(=O)N2CCN(C(=O)CC3CCCN3)CC2)c(C)o1. The summed E-state index contributed by atoms with van der Waals surface area (Å²) >= 11 is 0. The van der Waals surface area contributed by atoms with Gasteiger partial charge < -0.3 is 19.5 Å². The maximum absolute atomic E-state index is 12.5. The third-order valence-corrected chi connectivity index (χ3v) is 4.77. The van der Waals surface area contributed by atoms with Gasteiger partial charge >= 0.3 is 0 Å². The van der Waals surface area contributed by atoms with Crippen molar-refractivity contribution in [3.63, 3.8) is 0 Å². The first kappa shape index (κ1) is 16.1. The molecule has 0 aromatic carbocycles. The Morgan fingerprint density at radius 2 is 1.91 bits per heavy atom. The molecule has 1 aromatic rings. The number of amides is 2. The Kier molecular flexibility index (Phi) is 4.71. The molecule has 6 nitrogen and oxygen atoms in total. The second kappa shape index (κ2) is 6.74. The highest BCUT2D eigenvalue weighted by Gasteiger charge is 2.28. The standard InChI is InChI=1S/C17H25N3O3/c1-12-10-15(13(2)23-12)17(22)20-8-6-19(7-9-20)16(21)11-14-4-3-5-18-14/h10,14,18H,3-9,11H2,1-2H3. The minimum absolute atomic E-state index is 0.00362. The summed E-state index contributed by atoms with van der Waals surface area (Å²) in [5.74, 6) is 1.62. The van der Waals surface area contributed by atoms with Crippen LogP contribution in [0.15, 0.2) is 10.5 Å². The first-order valence-corrected chi connectivity index (χ1v) is 8.42. The third kappa shape index (κ3) is 3.58. The maximum atomic E-state index is 12.5. The molecular formula is C17H25N3O3. The van der Waals surface area contributed by atoms with E-state index in [-0.39, 0.29) is 11.8 Å². The van der Waals surface area contributed by atoms with Crippen molar-refractivity contribution in [3.05, 3.63) is 23.2 Å². The van der Waals surface area contributed by atoms with Crippen LogP contribution in [0.2, 0.25) is 0 Å². The monoisotopic (exact) mass is 319 g/mol. The molecule has 1 atom stereocenters. The van der Waals surface area contributed by atoms with E-state index in [9.17, 15) is 9.59 Å². The molecule has 2 saturated heterocycles. The van der Waals surface area contributed by atoms with Crippen LogP contribution in [0.4, 0.5) is 0 Å². The van der Waals surface area contributed by atoms with Gasteiger partial charge in [-0.2, -0.15) is 0 Å². The van der Waals surface area contributed by atoms with Crippen molar-refractivity contribution in [2.24, 2.45) is 0 Å². The van der Waals surface area contributed by atoms with E-state index in [2.05, 4.69) is 5.32 Å². The summed E-state index contributed by atoms with van der Waals surface area (Å²) in [6.07, 6.45) is 2.82. The number of hydrogen-bond acceptors (Lipinski definition) is 4. The van der Waals surface area contributed by atoms with Crippen molar-refractivity contribution in [2.45, 2.75) is 39.2 Å². The molecular weight excluding hydrogens is 294 g/mol. The number of carbonyl (C=O) groups is 2. The Morgan fingerprint density at radius 1 is 1.22 bits per heavy atom. The van der Waals surface area contributed by atoms with Gasteiger partial charge in [-0.3, -0.25) is 9.59 Å². The molecule has 1 unspecified atom stereocenters. The van der Waals surface area contributed by atoms with Gasteiger partial charge in [-0.15, -0.1) is 0 Å². The highest BCUT2D eigenvalue weighted by atomic mass is 16.3. The minimum atomic E-state index is 0.00362. The van der Waals surface area contributed by atoms with Crippen LogP contribution in [0.25, 0.3) is 0 Å². The largest absolute Gasteiger partial charge is 0.466 e. The van der Waals surface area contributed by atoms with Crippen LogP contribution < -0.4 is 5.32 Å². The number of aryl methyl sites for hydroxylation is 2. The van der Waals surface area contributed by atoms with E-state index in [1.807, 2.05) is 23.6 Å². The van der Waals surface area contributed by atoms with Crippen molar-refractivity contribution < 1.29 is 14.0 Å². The Hall–Kier alpha value is -1.82. The summed E-state index contributed by atoms with van der Waals surface area (Å²) in [6, 6.07) is 2.12. The van der Waals surface area contributed by atoms with Crippen molar-refractivity contribution in [1.29, 1.82) is 0 Å². The minimum Gasteiger partial charge on any atom is -0.466 e. The third-order valence-electron chi connectivity index (χ3n) is 4.77. The number of nitrogens with zero attached hydrogens (tertiary/aromatic N) is 2. The average molecular weight is 319 g/mol. The average Bonchev–Trinajstić information content (AvgIpc) is 3.16. The summed E-state index contributed by atoms with van der Waals surface area (Å²) in [7, 11) is 0. The van der Waals surface area contributed by atoms with Gasteiger partial charge in [-0.1, -0.05) is 0 Å². The lowest BCUT2D eigenvalue weighted by Crippen LogP contribution is -2.51. The van der Waals surface area contributed by atoms with Crippen LogP contribution in [0.3, 0.4) is 0 Å². The fraction of sp³-hybridized carbons (Fsp3) is 0.647. The molecule has 0 aliphatic carbocycles. The first-order valence-electron chi connectivity index (χ1n) is 8.42. The molecule has 0 saturated carbocycles. The molecule has 126 valence electrons. The molecule has 1 aromatic heterocycles. The molecule has 0 radical (unpaired) electrons. The van der Waals surface area contributed by atoms with Gasteiger partial charge in [0.15, 0.2) is 0 Å². The smallest absolute Gasteiger partial charge is 0.257 e. The summed E-state index contributed by atoms with van der Waals surface area (Å²) < 4.78 is 5.44. The van der Waals surface area contributed by atoms with Crippen molar-refractivity contribution >= 4 is 11.8 Å². The Labute approximate surface area is 136 Å². The number of piperazine rings is 1. The van der Waals surface area contributed by atoms with Gasteiger partial charge in [-0.25, -0.2) is 0 Å². The van der Waals surface area contributed by atoms with E-state index >= 15 is 0 Å². The van der Waals surface area contributed by atoms with E-state index in [4.69, 9.17) is 4.42 Å². The Morgan fingerprint density at radius 3 is 2.48 bits per heavy atom. The lowest BCUT2D eigenvalue weighted by molar-refractivity contribution is -0.133. The maximum Gasteiger partial charge on any atom is 0.257 e. The number of furan rings is 1. The number of nitrogens with one attached hydrogen (secondary N) is 1. The summed E-state index contributed by atoms with van der Waals surface area (Å²) in [5.41, 5.74) is 0.637. The zero-order valence-corrected chi connectivity index (χ0v) is 13.9. The van der Waals surface area contributed by atoms with Gasteiger partial charge in [0.2, 0.25) is 5.91 Å². The summed E-state index contributed by atoms with van der Waals surface area (Å²) in [6.45, 7) is 7.09. The molecule has 0 spiro atoms. The summed E-state index contributed by atoms with van der Waals surface area (Å²) in [4.78, 5) is 28.6. The second-order valence-corrected chi connectivity index (χ2v) is 6.50. The van der Waals surface area contributed by atoms with Crippen LogP contribution >= 0.6 is 0 Å². The molecule has 23 heavy (non-hydrogen) atoms.